The summed E-state index contributed by atoms with van der Waals surface area (Å²) in [5.74, 6) is 1.41. The van der Waals surface area contributed by atoms with Crippen LogP contribution < -0.4 is 21.9 Å². The van der Waals surface area contributed by atoms with Gasteiger partial charge in [0.05, 0.1) is 6.04 Å². The molecule has 6 N–H and O–H groups in total. The van der Waals surface area contributed by atoms with Crippen LogP contribution in [0.5, 0.6) is 11.5 Å². The molecule has 1 aliphatic rings. The lowest BCUT2D eigenvalue weighted by Crippen LogP contribution is -2.18. The molecule has 2 aromatic rings. The van der Waals surface area contributed by atoms with E-state index in [0.717, 1.165) is 11.1 Å². The summed E-state index contributed by atoms with van der Waals surface area (Å²) in [5.41, 5.74) is 20.9. The lowest BCUT2D eigenvalue weighted by Gasteiger charge is -2.26. The van der Waals surface area contributed by atoms with Crippen molar-refractivity contribution in [3.8, 4) is 11.5 Å². The minimum Gasteiger partial charge on any atom is -0.456 e. The maximum Gasteiger partial charge on any atom is 0.134 e. The molecule has 4 heteroatoms. The molecule has 1 aliphatic heterocycles. The Labute approximate surface area is 99.0 Å². The molecule has 0 saturated carbocycles. The Morgan fingerprint density at radius 2 is 1.29 bits per heavy atom. The summed E-state index contributed by atoms with van der Waals surface area (Å²) < 4.78 is 5.77. The maximum atomic E-state index is 6.20. The van der Waals surface area contributed by atoms with Crippen LogP contribution in [0.3, 0.4) is 0 Å². The summed E-state index contributed by atoms with van der Waals surface area (Å²) >= 11 is 0. The van der Waals surface area contributed by atoms with Crippen molar-refractivity contribution in [1.29, 1.82) is 0 Å². The first-order chi connectivity index (χ1) is 8.15. The highest BCUT2D eigenvalue weighted by molar-refractivity contribution is 5.60. The second-order valence-corrected chi connectivity index (χ2v) is 4.17. The average molecular weight is 227 g/mol. The van der Waals surface area contributed by atoms with Gasteiger partial charge >= 0.3 is 0 Å². The van der Waals surface area contributed by atoms with Crippen LogP contribution in [0, 0.1) is 0 Å². The van der Waals surface area contributed by atoms with E-state index >= 15 is 0 Å². The van der Waals surface area contributed by atoms with Gasteiger partial charge in [0, 0.05) is 34.6 Å². The highest BCUT2D eigenvalue weighted by Gasteiger charge is 2.24. The molecule has 86 valence electrons. The second kappa shape index (κ2) is 3.40. The Balaban J connectivity index is 2.17. The summed E-state index contributed by atoms with van der Waals surface area (Å²) in [7, 11) is 0. The lowest BCUT2D eigenvalue weighted by atomic mass is 9.95. The summed E-state index contributed by atoms with van der Waals surface area (Å²) in [4.78, 5) is 0. The van der Waals surface area contributed by atoms with Gasteiger partial charge in [-0.15, -0.1) is 0 Å². The van der Waals surface area contributed by atoms with Gasteiger partial charge in [0.2, 0.25) is 0 Å². The molecular formula is C13H13N3O. The van der Waals surface area contributed by atoms with E-state index in [9.17, 15) is 0 Å². The quantitative estimate of drug-likeness (QED) is 0.601. The maximum absolute atomic E-state index is 6.20. The summed E-state index contributed by atoms with van der Waals surface area (Å²) in [6, 6.07) is 10.8. The Bertz CT molecular complexity index is 544. The Morgan fingerprint density at radius 1 is 0.824 bits per heavy atom. The largest absolute Gasteiger partial charge is 0.456 e. The fraction of sp³-hybridized carbons (Fsp3) is 0.0769. The number of rotatable bonds is 0. The zero-order chi connectivity index (χ0) is 12.0. The minimum absolute atomic E-state index is 0.199. The zero-order valence-electron chi connectivity index (χ0n) is 9.18. The van der Waals surface area contributed by atoms with Gasteiger partial charge in [-0.3, -0.25) is 0 Å². The van der Waals surface area contributed by atoms with Crippen molar-refractivity contribution < 1.29 is 4.74 Å². The van der Waals surface area contributed by atoms with Gasteiger partial charge < -0.3 is 21.9 Å². The number of benzene rings is 2. The first-order valence-electron chi connectivity index (χ1n) is 5.37. The van der Waals surface area contributed by atoms with Gasteiger partial charge in [-0.2, -0.15) is 0 Å². The molecule has 0 fully saturated rings. The number of hydrogen-bond acceptors (Lipinski definition) is 4. The first kappa shape index (κ1) is 9.99. The molecule has 0 radical (unpaired) electrons. The molecule has 0 aliphatic carbocycles. The summed E-state index contributed by atoms with van der Waals surface area (Å²) in [5, 5.41) is 0. The smallest absolute Gasteiger partial charge is 0.134 e. The predicted molar refractivity (Wildman–Crippen MR) is 67.8 cm³/mol. The van der Waals surface area contributed by atoms with Crippen molar-refractivity contribution in [2.75, 3.05) is 11.5 Å². The van der Waals surface area contributed by atoms with E-state index < -0.39 is 0 Å². The molecule has 3 rings (SSSR count). The third-order valence-corrected chi connectivity index (χ3v) is 2.97. The Morgan fingerprint density at radius 3 is 1.76 bits per heavy atom. The zero-order valence-corrected chi connectivity index (χ0v) is 9.18. The van der Waals surface area contributed by atoms with Gasteiger partial charge in [-0.05, 0) is 12.1 Å². The van der Waals surface area contributed by atoms with Crippen molar-refractivity contribution in [2.45, 2.75) is 6.04 Å². The van der Waals surface area contributed by atoms with E-state index in [4.69, 9.17) is 21.9 Å². The summed E-state index contributed by atoms with van der Waals surface area (Å²) in [6.07, 6.45) is 0. The number of ether oxygens (including phenoxy) is 1. The highest BCUT2D eigenvalue weighted by atomic mass is 16.5. The molecule has 4 nitrogen and oxygen atoms in total. The number of nitrogen functional groups attached to an aromatic ring is 2. The Kier molecular flexibility index (Phi) is 2.00. The fourth-order valence-corrected chi connectivity index (χ4v) is 2.08. The van der Waals surface area contributed by atoms with E-state index in [1.54, 1.807) is 12.1 Å². The number of hydrogen-bond donors (Lipinski definition) is 3. The molecule has 0 amide bonds. The SMILES string of the molecule is Nc1ccc2c(c1)Oc1cc(N)ccc1C2N. The van der Waals surface area contributed by atoms with Crippen LogP contribution in [-0.2, 0) is 0 Å². The third kappa shape index (κ3) is 1.50. The molecule has 17 heavy (non-hydrogen) atoms. The Hall–Kier alpha value is -2.20. The third-order valence-electron chi connectivity index (χ3n) is 2.97. The molecule has 0 unspecified atom stereocenters. The van der Waals surface area contributed by atoms with E-state index in [1.165, 1.54) is 0 Å². The molecule has 1 heterocycles. The van der Waals surface area contributed by atoms with Crippen molar-refractivity contribution in [1.82, 2.24) is 0 Å². The topological polar surface area (TPSA) is 87.3 Å². The highest BCUT2D eigenvalue weighted by Crippen LogP contribution is 2.42. The molecule has 0 atom stereocenters. The fourth-order valence-electron chi connectivity index (χ4n) is 2.08. The van der Waals surface area contributed by atoms with Crippen LogP contribution in [0.1, 0.15) is 17.2 Å². The van der Waals surface area contributed by atoms with E-state index in [-0.39, 0.29) is 6.04 Å². The van der Waals surface area contributed by atoms with Gasteiger partial charge in [0.25, 0.3) is 0 Å². The van der Waals surface area contributed by atoms with Crippen molar-refractivity contribution >= 4 is 11.4 Å². The number of nitrogens with two attached hydrogens (primary N) is 3. The number of fused-ring (bicyclic) bond motifs is 2. The van der Waals surface area contributed by atoms with Gasteiger partial charge in [-0.1, -0.05) is 12.1 Å². The number of anilines is 2. The minimum atomic E-state index is -0.199. The molecule has 0 spiro atoms. The normalized spacial score (nSPS) is 13.7. The van der Waals surface area contributed by atoms with Crippen LogP contribution in [0.25, 0.3) is 0 Å². The first-order valence-corrected chi connectivity index (χ1v) is 5.37. The van der Waals surface area contributed by atoms with Crippen LogP contribution in [0.15, 0.2) is 36.4 Å². The van der Waals surface area contributed by atoms with Crippen LogP contribution in [0.4, 0.5) is 11.4 Å². The van der Waals surface area contributed by atoms with E-state index in [0.29, 0.717) is 22.9 Å². The molecule has 0 saturated heterocycles. The van der Waals surface area contributed by atoms with Crippen LogP contribution in [0.2, 0.25) is 0 Å². The predicted octanol–water partition coefficient (Wildman–Crippen LogP) is 2.00. The van der Waals surface area contributed by atoms with Crippen molar-refractivity contribution in [3.63, 3.8) is 0 Å². The molecular weight excluding hydrogens is 214 g/mol. The van der Waals surface area contributed by atoms with E-state index in [2.05, 4.69) is 0 Å². The molecule has 0 aromatic heterocycles. The molecule has 2 aromatic carbocycles. The van der Waals surface area contributed by atoms with Gasteiger partial charge in [-0.25, -0.2) is 0 Å². The van der Waals surface area contributed by atoms with Gasteiger partial charge in [0.1, 0.15) is 11.5 Å². The molecule has 0 bridgehead atoms. The van der Waals surface area contributed by atoms with E-state index in [1.807, 2.05) is 24.3 Å². The average Bonchev–Trinajstić information content (AvgIpc) is 2.28. The van der Waals surface area contributed by atoms with Crippen molar-refractivity contribution in [2.24, 2.45) is 5.73 Å². The van der Waals surface area contributed by atoms with Crippen LogP contribution in [-0.4, -0.2) is 0 Å². The van der Waals surface area contributed by atoms with Crippen molar-refractivity contribution in [3.05, 3.63) is 47.5 Å². The van der Waals surface area contributed by atoms with Gasteiger partial charge in [0.15, 0.2) is 0 Å². The second-order valence-electron chi connectivity index (χ2n) is 4.17. The van der Waals surface area contributed by atoms with Crippen LogP contribution >= 0.6 is 0 Å². The lowest BCUT2D eigenvalue weighted by molar-refractivity contribution is 0.448. The summed E-state index contributed by atoms with van der Waals surface area (Å²) in [6.45, 7) is 0. The monoisotopic (exact) mass is 227 g/mol. The standard InChI is InChI=1S/C13H13N3O/c14-7-1-3-9-11(5-7)17-12-6-8(15)2-4-10(12)13(9)16/h1-6,13H,14-16H2.